The molecule has 1 aliphatic heterocycles. The number of non-ortho nitro benzene ring substituents is 1. The van der Waals surface area contributed by atoms with Gasteiger partial charge in [0.15, 0.2) is 11.6 Å². The highest BCUT2D eigenvalue weighted by atomic mass is 32.2. The lowest BCUT2D eigenvalue weighted by molar-refractivity contribution is -0.384. The smallest absolute Gasteiger partial charge is 0.270 e. The van der Waals surface area contributed by atoms with Crippen molar-refractivity contribution < 1.29 is 18.5 Å². The minimum atomic E-state index is -0.980. The molecule has 1 atom stereocenters. The van der Waals surface area contributed by atoms with E-state index in [-0.39, 0.29) is 23.6 Å². The van der Waals surface area contributed by atoms with Gasteiger partial charge in [0.05, 0.1) is 22.4 Å². The fourth-order valence-corrected chi connectivity index (χ4v) is 3.96. The molecule has 0 bridgehead atoms. The van der Waals surface area contributed by atoms with Gasteiger partial charge in [-0.3, -0.25) is 14.9 Å². The molecule has 14 heteroatoms. The number of tetrazole rings is 1. The van der Waals surface area contributed by atoms with Gasteiger partial charge in [0.25, 0.3) is 11.6 Å². The molecule has 1 saturated heterocycles. The van der Waals surface area contributed by atoms with Gasteiger partial charge in [-0.15, -0.1) is 5.10 Å². The van der Waals surface area contributed by atoms with Crippen molar-refractivity contribution in [3.05, 3.63) is 52.0 Å². The van der Waals surface area contributed by atoms with Crippen molar-refractivity contribution in [1.82, 2.24) is 25.2 Å². The summed E-state index contributed by atoms with van der Waals surface area (Å²) in [5.74, 6) is -1.96. The third kappa shape index (κ3) is 4.49. The SMILES string of the molecule is Cn1nnnc1Sc1ccc([N+](=O)[O-])cc1C(=O)Nc1ncc(N2CC[C@@H](F)C2)cc1F. The third-order valence-corrected chi connectivity index (χ3v) is 5.86. The quantitative estimate of drug-likeness (QED) is 0.434. The van der Waals surface area contributed by atoms with Crippen LogP contribution in [-0.4, -0.2) is 55.3 Å². The molecule has 0 unspecified atom stereocenters. The van der Waals surface area contributed by atoms with Gasteiger partial charge in [-0.25, -0.2) is 18.4 Å². The van der Waals surface area contributed by atoms with Crippen molar-refractivity contribution in [2.24, 2.45) is 7.05 Å². The number of aryl methyl sites for hydroxylation is 1. The lowest BCUT2D eigenvalue weighted by Crippen LogP contribution is -2.21. The maximum Gasteiger partial charge on any atom is 0.270 e. The molecule has 11 nitrogen and oxygen atoms in total. The summed E-state index contributed by atoms with van der Waals surface area (Å²) in [6.45, 7) is 0.594. The molecule has 2 aromatic heterocycles. The van der Waals surface area contributed by atoms with E-state index in [0.717, 1.165) is 23.9 Å². The first-order valence-corrected chi connectivity index (χ1v) is 10.2. The number of aromatic nitrogens is 5. The monoisotopic (exact) mass is 462 g/mol. The molecule has 0 saturated carbocycles. The van der Waals surface area contributed by atoms with Crippen LogP contribution in [0.15, 0.2) is 40.5 Å². The Morgan fingerprint density at radius 2 is 2.19 bits per heavy atom. The molecule has 0 spiro atoms. The van der Waals surface area contributed by atoms with Crippen LogP contribution in [0.4, 0.5) is 26.0 Å². The molecular formula is C18H16F2N8O3S. The lowest BCUT2D eigenvalue weighted by atomic mass is 10.2. The molecule has 32 heavy (non-hydrogen) atoms. The molecule has 1 amide bonds. The predicted octanol–water partition coefficient (Wildman–Crippen LogP) is 2.60. The van der Waals surface area contributed by atoms with Gasteiger partial charge in [-0.2, -0.15) is 0 Å². The molecule has 0 aliphatic carbocycles. The van der Waals surface area contributed by atoms with E-state index in [1.807, 2.05) is 0 Å². The van der Waals surface area contributed by atoms with Crippen molar-refractivity contribution in [3.63, 3.8) is 0 Å². The highest BCUT2D eigenvalue weighted by Crippen LogP contribution is 2.32. The summed E-state index contributed by atoms with van der Waals surface area (Å²) in [5, 5.41) is 24.9. The van der Waals surface area contributed by atoms with Gasteiger partial charge >= 0.3 is 0 Å². The van der Waals surface area contributed by atoms with Crippen LogP contribution in [0, 0.1) is 15.9 Å². The largest absolute Gasteiger partial charge is 0.367 e. The van der Waals surface area contributed by atoms with Crippen molar-refractivity contribution in [3.8, 4) is 0 Å². The summed E-state index contributed by atoms with van der Waals surface area (Å²) >= 11 is 1.02. The minimum Gasteiger partial charge on any atom is -0.367 e. The maximum absolute atomic E-state index is 14.6. The van der Waals surface area contributed by atoms with Crippen LogP contribution in [0.1, 0.15) is 16.8 Å². The topological polar surface area (TPSA) is 132 Å². The molecule has 3 aromatic rings. The number of anilines is 2. The summed E-state index contributed by atoms with van der Waals surface area (Å²) in [6, 6.07) is 4.87. The zero-order valence-corrected chi connectivity index (χ0v) is 17.4. The standard InChI is InChI=1S/C18H16F2N8O3S/c1-26-18(23-24-25-26)32-15-3-2-11(28(30)31)6-13(15)17(29)22-16-14(20)7-12(8-21-16)27-5-4-10(19)9-27/h2-3,6-8,10H,4-5,9H2,1H3,(H,21,22,29)/t10-/m1/s1. The highest BCUT2D eigenvalue weighted by Gasteiger charge is 2.24. The Morgan fingerprint density at radius 1 is 1.38 bits per heavy atom. The van der Waals surface area contributed by atoms with Gasteiger partial charge in [0.1, 0.15) is 6.17 Å². The zero-order chi connectivity index (χ0) is 22.8. The van der Waals surface area contributed by atoms with E-state index in [4.69, 9.17) is 0 Å². The Bertz CT molecular complexity index is 1190. The van der Waals surface area contributed by atoms with Crippen molar-refractivity contribution >= 4 is 34.9 Å². The number of nitrogens with one attached hydrogen (secondary N) is 1. The van der Waals surface area contributed by atoms with Crippen molar-refractivity contribution in [2.45, 2.75) is 22.6 Å². The number of carbonyl (C=O) groups is 1. The van der Waals surface area contributed by atoms with Crippen LogP contribution in [-0.2, 0) is 7.05 Å². The summed E-state index contributed by atoms with van der Waals surface area (Å²) in [4.78, 5) is 29.4. The van der Waals surface area contributed by atoms with E-state index in [9.17, 15) is 23.7 Å². The van der Waals surface area contributed by atoms with E-state index in [1.54, 1.807) is 11.9 Å². The van der Waals surface area contributed by atoms with Gasteiger partial charge in [0.2, 0.25) is 5.16 Å². The summed E-state index contributed by atoms with van der Waals surface area (Å²) in [5.41, 5.74) is 0.0218. The summed E-state index contributed by atoms with van der Waals surface area (Å²) in [7, 11) is 1.60. The maximum atomic E-state index is 14.6. The van der Waals surface area contributed by atoms with E-state index < -0.39 is 22.8 Å². The number of halogens is 2. The van der Waals surface area contributed by atoms with Gasteiger partial charge < -0.3 is 10.2 Å². The minimum absolute atomic E-state index is 0.0720. The number of pyridine rings is 1. The fraction of sp³-hybridized carbons (Fsp3) is 0.278. The first-order valence-electron chi connectivity index (χ1n) is 9.36. The number of alkyl halides is 1. The van der Waals surface area contributed by atoms with E-state index >= 15 is 0 Å². The number of rotatable bonds is 6. The van der Waals surface area contributed by atoms with Crippen molar-refractivity contribution in [2.75, 3.05) is 23.3 Å². The Morgan fingerprint density at radius 3 is 2.81 bits per heavy atom. The Hall–Kier alpha value is -3.68. The molecule has 0 radical (unpaired) electrons. The second-order valence-corrected chi connectivity index (χ2v) is 7.94. The van der Waals surface area contributed by atoms with Crippen LogP contribution in [0.2, 0.25) is 0 Å². The fourth-order valence-electron chi connectivity index (χ4n) is 3.12. The number of amides is 1. The normalized spacial score (nSPS) is 15.7. The summed E-state index contributed by atoms with van der Waals surface area (Å²) < 4.78 is 29.4. The number of nitrogens with zero attached hydrogens (tertiary/aromatic N) is 7. The first kappa shape index (κ1) is 21.5. The first-order chi connectivity index (χ1) is 15.3. The number of nitro benzene ring substituents is 1. The summed E-state index contributed by atoms with van der Waals surface area (Å²) in [6.07, 6.45) is 0.714. The van der Waals surface area contributed by atoms with Crippen molar-refractivity contribution in [1.29, 1.82) is 0 Å². The predicted molar refractivity (Wildman–Crippen MR) is 110 cm³/mol. The van der Waals surface area contributed by atoms with Crippen LogP contribution < -0.4 is 10.2 Å². The number of hydrogen-bond donors (Lipinski definition) is 1. The van der Waals surface area contributed by atoms with Gasteiger partial charge in [-0.1, -0.05) is 0 Å². The molecule has 166 valence electrons. The molecule has 4 rings (SSSR count). The third-order valence-electron chi connectivity index (χ3n) is 4.76. The number of carbonyl (C=O) groups excluding carboxylic acids is 1. The van der Waals surface area contributed by atoms with Crippen LogP contribution in [0.5, 0.6) is 0 Å². The molecule has 1 aromatic carbocycles. The molecule has 3 heterocycles. The lowest BCUT2D eigenvalue weighted by Gasteiger charge is -2.17. The molecule has 1 N–H and O–H groups in total. The molecule has 1 aliphatic rings. The Kier molecular flexibility index (Phi) is 5.94. The number of benzene rings is 1. The second kappa shape index (κ2) is 8.82. The van der Waals surface area contributed by atoms with Gasteiger partial charge in [-0.05, 0) is 34.7 Å². The highest BCUT2D eigenvalue weighted by molar-refractivity contribution is 7.99. The second-order valence-electron chi connectivity index (χ2n) is 6.93. The number of hydrogen-bond acceptors (Lipinski definition) is 9. The number of nitro groups is 1. The van der Waals surface area contributed by atoms with Crippen LogP contribution >= 0.6 is 11.8 Å². The average molecular weight is 462 g/mol. The van der Waals surface area contributed by atoms with Crippen LogP contribution in [0.25, 0.3) is 0 Å². The Labute approximate surface area is 184 Å². The zero-order valence-electron chi connectivity index (χ0n) is 16.6. The van der Waals surface area contributed by atoms with E-state index in [2.05, 4.69) is 25.8 Å². The average Bonchev–Trinajstić information content (AvgIpc) is 3.37. The van der Waals surface area contributed by atoms with E-state index in [0.29, 0.717) is 28.7 Å². The van der Waals surface area contributed by atoms with E-state index in [1.165, 1.54) is 23.0 Å². The molecular weight excluding hydrogens is 446 g/mol. The Balaban J connectivity index is 1.60. The van der Waals surface area contributed by atoms with Crippen LogP contribution in [0.3, 0.4) is 0 Å². The van der Waals surface area contributed by atoms with Gasteiger partial charge in [0, 0.05) is 43.2 Å². The molecule has 1 fully saturated rings.